The van der Waals surface area contributed by atoms with Crippen LogP contribution in [0.2, 0.25) is 5.02 Å². The van der Waals surface area contributed by atoms with Crippen molar-refractivity contribution in [1.29, 1.82) is 0 Å². The van der Waals surface area contributed by atoms with E-state index >= 15 is 0 Å². The SMILES string of the molecule is COc1ccc(Cl)cc1NC(=O)C1CC12CCNCC2.Cl. The first-order chi connectivity index (χ1) is 9.64. The van der Waals surface area contributed by atoms with E-state index in [0.717, 1.165) is 32.4 Å². The Morgan fingerprint density at radius 1 is 1.43 bits per heavy atom. The molecule has 1 aromatic carbocycles. The Hall–Kier alpha value is -0.970. The van der Waals surface area contributed by atoms with Crippen LogP contribution in [0.15, 0.2) is 18.2 Å². The van der Waals surface area contributed by atoms with Gasteiger partial charge in [0.15, 0.2) is 0 Å². The Balaban J connectivity index is 0.00000161. The second-order valence-electron chi connectivity index (χ2n) is 5.70. The summed E-state index contributed by atoms with van der Waals surface area (Å²) in [6, 6.07) is 5.25. The van der Waals surface area contributed by atoms with Crippen LogP contribution in [0.3, 0.4) is 0 Å². The zero-order valence-corrected chi connectivity index (χ0v) is 13.5. The standard InChI is InChI=1S/C15H19ClN2O2.ClH/c1-20-13-3-2-10(16)8-12(13)18-14(19)11-9-15(11)4-6-17-7-5-15;/h2-3,8,11,17H,4-7,9H2,1H3,(H,18,19);1H. The Kier molecular flexibility index (Phi) is 5.02. The van der Waals surface area contributed by atoms with E-state index in [1.165, 1.54) is 0 Å². The molecule has 1 unspecified atom stereocenters. The summed E-state index contributed by atoms with van der Waals surface area (Å²) in [5, 5.41) is 6.90. The minimum Gasteiger partial charge on any atom is -0.495 e. The van der Waals surface area contributed by atoms with Gasteiger partial charge >= 0.3 is 0 Å². The number of piperidine rings is 1. The number of hydrogen-bond acceptors (Lipinski definition) is 3. The third-order valence-electron chi connectivity index (χ3n) is 4.52. The molecular weight excluding hydrogens is 311 g/mol. The predicted molar refractivity (Wildman–Crippen MR) is 86.5 cm³/mol. The van der Waals surface area contributed by atoms with E-state index in [2.05, 4.69) is 10.6 Å². The first-order valence-electron chi connectivity index (χ1n) is 7.00. The van der Waals surface area contributed by atoms with Gasteiger partial charge in [0.2, 0.25) is 5.91 Å². The average Bonchev–Trinajstić information content (AvgIpc) is 3.13. The monoisotopic (exact) mass is 330 g/mol. The molecule has 116 valence electrons. The molecule has 0 bridgehead atoms. The molecule has 4 nitrogen and oxygen atoms in total. The predicted octanol–water partition coefficient (Wildman–Crippen LogP) is 3.10. The highest BCUT2D eigenvalue weighted by Gasteiger charge is 2.57. The van der Waals surface area contributed by atoms with Crippen LogP contribution in [0.25, 0.3) is 0 Å². The van der Waals surface area contributed by atoms with Gasteiger partial charge in [0, 0.05) is 10.9 Å². The molecule has 1 aliphatic heterocycles. The number of ether oxygens (including phenoxy) is 1. The molecule has 1 saturated heterocycles. The molecule has 1 amide bonds. The van der Waals surface area contributed by atoms with Gasteiger partial charge in [-0.1, -0.05) is 11.6 Å². The van der Waals surface area contributed by atoms with Gasteiger partial charge in [0.1, 0.15) is 5.75 Å². The van der Waals surface area contributed by atoms with Gasteiger partial charge in [0.25, 0.3) is 0 Å². The van der Waals surface area contributed by atoms with Crippen molar-refractivity contribution in [1.82, 2.24) is 5.32 Å². The topological polar surface area (TPSA) is 50.4 Å². The number of rotatable bonds is 3. The van der Waals surface area contributed by atoms with Gasteiger partial charge in [-0.25, -0.2) is 0 Å². The largest absolute Gasteiger partial charge is 0.495 e. The van der Waals surface area contributed by atoms with Crippen LogP contribution in [-0.2, 0) is 4.79 Å². The van der Waals surface area contributed by atoms with Crippen molar-refractivity contribution in [3.05, 3.63) is 23.2 Å². The van der Waals surface area contributed by atoms with Crippen molar-refractivity contribution < 1.29 is 9.53 Å². The highest BCUT2D eigenvalue weighted by Crippen LogP contribution is 2.58. The van der Waals surface area contributed by atoms with Crippen LogP contribution in [0, 0.1) is 11.3 Å². The molecule has 1 aliphatic carbocycles. The summed E-state index contributed by atoms with van der Waals surface area (Å²) < 4.78 is 5.25. The Labute approximate surface area is 136 Å². The third-order valence-corrected chi connectivity index (χ3v) is 4.76. The minimum atomic E-state index is 0. The first kappa shape index (κ1) is 16.4. The summed E-state index contributed by atoms with van der Waals surface area (Å²) in [6.07, 6.45) is 3.19. The Morgan fingerprint density at radius 3 is 2.81 bits per heavy atom. The summed E-state index contributed by atoms with van der Waals surface area (Å²) in [4.78, 5) is 12.4. The molecule has 1 saturated carbocycles. The molecular formula is C15H20Cl2N2O2. The summed E-state index contributed by atoms with van der Waals surface area (Å²) in [5.74, 6) is 0.864. The van der Waals surface area contributed by atoms with Crippen molar-refractivity contribution in [3.8, 4) is 5.75 Å². The van der Waals surface area contributed by atoms with Crippen molar-refractivity contribution >= 4 is 35.6 Å². The summed E-state index contributed by atoms with van der Waals surface area (Å²) in [5.41, 5.74) is 0.891. The Bertz CT molecular complexity index is 530. The van der Waals surface area contributed by atoms with Crippen molar-refractivity contribution in [2.24, 2.45) is 11.3 Å². The first-order valence-corrected chi connectivity index (χ1v) is 7.37. The fraction of sp³-hybridized carbons (Fsp3) is 0.533. The van der Waals surface area contributed by atoms with Gasteiger partial charge in [-0.05, 0) is 56.0 Å². The van der Waals surface area contributed by atoms with Crippen LogP contribution < -0.4 is 15.4 Å². The maximum absolute atomic E-state index is 12.4. The third kappa shape index (κ3) is 3.28. The van der Waals surface area contributed by atoms with E-state index in [9.17, 15) is 4.79 Å². The lowest BCUT2D eigenvalue weighted by Crippen LogP contribution is -2.31. The zero-order valence-electron chi connectivity index (χ0n) is 11.9. The van der Waals surface area contributed by atoms with E-state index in [1.54, 1.807) is 25.3 Å². The number of methoxy groups -OCH3 is 1. The Morgan fingerprint density at radius 2 is 2.14 bits per heavy atom. The molecule has 1 aromatic rings. The van der Waals surface area contributed by atoms with Crippen molar-refractivity contribution in [3.63, 3.8) is 0 Å². The normalized spacial score (nSPS) is 22.3. The number of benzene rings is 1. The summed E-state index contributed by atoms with van der Waals surface area (Å²) in [7, 11) is 1.59. The van der Waals surface area contributed by atoms with Gasteiger partial charge < -0.3 is 15.4 Å². The molecule has 0 radical (unpaired) electrons. The van der Waals surface area contributed by atoms with Crippen LogP contribution in [-0.4, -0.2) is 26.1 Å². The molecule has 3 rings (SSSR count). The quantitative estimate of drug-likeness (QED) is 0.895. The number of halogens is 2. The number of carbonyl (C=O) groups is 1. The van der Waals surface area contributed by atoms with E-state index in [0.29, 0.717) is 16.5 Å². The van der Waals surface area contributed by atoms with E-state index in [-0.39, 0.29) is 29.6 Å². The fourth-order valence-electron chi connectivity index (χ4n) is 3.19. The van der Waals surface area contributed by atoms with Gasteiger partial charge in [-0.2, -0.15) is 0 Å². The number of nitrogens with one attached hydrogen (secondary N) is 2. The number of amides is 1. The maximum atomic E-state index is 12.4. The van der Waals surface area contributed by atoms with Gasteiger partial charge in [-0.3, -0.25) is 4.79 Å². The van der Waals surface area contributed by atoms with Crippen LogP contribution in [0.1, 0.15) is 19.3 Å². The smallest absolute Gasteiger partial charge is 0.228 e. The second-order valence-corrected chi connectivity index (χ2v) is 6.14. The lowest BCUT2D eigenvalue weighted by Gasteiger charge is -2.23. The molecule has 6 heteroatoms. The number of anilines is 1. The van der Waals surface area contributed by atoms with Crippen LogP contribution in [0.4, 0.5) is 5.69 Å². The van der Waals surface area contributed by atoms with Crippen LogP contribution >= 0.6 is 24.0 Å². The van der Waals surface area contributed by atoms with Gasteiger partial charge in [0.05, 0.1) is 12.8 Å². The fourth-order valence-corrected chi connectivity index (χ4v) is 3.37. The van der Waals surface area contributed by atoms with Gasteiger partial charge in [-0.15, -0.1) is 12.4 Å². The van der Waals surface area contributed by atoms with Crippen molar-refractivity contribution in [2.45, 2.75) is 19.3 Å². The molecule has 21 heavy (non-hydrogen) atoms. The number of carbonyl (C=O) groups excluding carboxylic acids is 1. The lowest BCUT2D eigenvalue weighted by molar-refractivity contribution is -0.118. The molecule has 2 N–H and O–H groups in total. The van der Waals surface area contributed by atoms with Crippen LogP contribution in [0.5, 0.6) is 5.75 Å². The average molecular weight is 331 g/mol. The molecule has 2 aliphatic rings. The maximum Gasteiger partial charge on any atom is 0.228 e. The lowest BCUT2D eigenvalue weighted by atomic mass is 9.92. The van der Waals surface area contributed by atoms with E-state index < -0.39 is 0 Å². The molecule has 1 atom stereocenters. The zero-order chi connectivity index (χ0) is 14.2. The van der Waals surface area contributed by atoms with Crippen molar-refractivity contribution in [2.75, 3.05) is 25.5 Å². The molecule has 2 fully saturated rings. The van der Waals surface area contributed by atoms with E-state index in [4.69, 9.17) is 16.3 Å². The molecule has 0 aromatic heterocycles. The second kappa shape index (κ2) is 6.42. The minimum absolute atomic E-state index is 0. The highest BCUT2D eigenvalue weighted by molar-refractivity contribution is 6.31. The van der Waals surface area contributed by atoms with E-state index in [1.807, 2.05) is 0 Å². The molecule has 1 spiro atoms. The highest BCUT2D eigenvalue weighted by atomic mass is 35.5. The summed E-state index contributed by atoms with van der Waals surface area (Å²) >= 11 is 5.98. The number of hydrogen-bond donors (Lipinski definition) is 2. The molecule has 1 heterocycles. The summed E-state index contributed by atoms with van der Waals surface area (Å²) in [6.45, 7) is 2.04.